The van der Waals surface area contributed by atoms with Crippen molar-refractivity contribution in [1.29, 1.82) is 0 Å². The van der Waals surface area contributed by atoms with Crippen molar-refractivity contribution < 1.29 is 9.47 Å². The van der Waals surface area contributed by atoms with Crippen LogP contribution in [0.25, 0.3) is 11.0 Å². The second-order valence-electron chi connectivity index (χ2n) is 8.63. The molecule has 0 radical (unpaired) electrons. The Kier molecular flexibility index (Phi) is 6.07. The van der Waals surface area contributed by atoms with E-state index in [1.807, 2.05) is 38.1 Å². The van der Waals surface area contributed by atoms with Crippen LogP contribution >= 0.6 is 0 Å². The molecule has 1 aromatic carbocycles. The molecular weight excluding hydrogens is 414 g/mol. The highest BCUT2D eigenvalue weighted by Crippen LogP contribution is 2.29. The van der Waals surface area contributed by atoms with Gasteiger partial charge in [-0.15, -0.1) is 0 Å². The molecule has 0 saturated heterocycles. The van der Waals surface area contributed by atoms with Crippen LogP contribution in [0.2, 0.25) is 0 Å². The van der Waals surface area contributed by atoms with Gasteiger partial charge >= 0.3 is 0 Å². The van der Waals surface area contributed by atoms with Gasteiger partial charge < -0.3 is 14.0 Å². The summed E-state index contributed by atoms with van der Waals surface area (Å²) in [5.41, 5.74) is 6.21. The van der Waals surface area contributed by atoms with E-state index in [0.29, 0.717) is 13.2 Å². The van der Waals surface area contributed by atoms with Gasteiger partial charge in [-0.05, 0) is 50.2 Å². The average molecular weight is 444 g/mol. The summed E-state index contributed by atoms with van der Waals surface area (Å²) in [5.74, 6) is 1.77. The van der Waals surface area contributed by atoms with Crippen molar-refractivity contribution in [1.82, 2.24) is 24.4 Å². The zero-order valence-electron chi connectivity index (χ0n) is 19.4. The highest BCUT2D eigenvalue weighted by atomic mass is 16.5. The number of hydrogen-bond donors (Lipinski definition) is 0. The van der Waals surface area contributed by atoms with Gasteiger partial charge in [0.25, 0.3) is 0 Å². The number of ether oxygens (including phenoxy) is 2. The van der Waals surface area contributed by atoms with Crippen molar-refractivity contribution in [3.05, 3.63) is 83.2 Å². The Labute approximate surface area is 194 Å². The number of hydrogen-bond acceptors (Lipinski definition) is 6. The van der Waals surface area contributed by atoms with E-state index in [4.69, 9.17) is 24.4 Å². The molecule has 1 atom stereocenters. The van der Waals surface area contributed by atoms with Crippen molar-refractivity contribution in [2.45, 2.75) is 39.6 Å². The summed E-state index contributed by atoms with van der Waals surface area (Å²) in [6, 6.07) is 18.6. The van der Waals surface area contributed by atoms with Gasteiger partial charge in [0, 0.05) is 37.1 Å². The molecule has 7 nitrogen and oxygen atoms in total. The molecule has 4 heterocycles. The first-order valence-electron chi connectivity index (χ1n) is 11.3. The normalized spacial score (nSPS) is 15.7. The Morgan fingerprint density at radius 3 is 2.30 bits per heavy atom. The minimum atomic E-state index is 0.141. The van der Waals surface area contributed by atoms with Crippen LogP contribution in [0.5, 0.6) is 5.75 Å². The largest absolute Gasteiger partial charge is 0.497 e. The van der Waals surface area contributed by atoms with Crippen LogP contribution < -0.4 is 4.74 Å². The van der Waals surface area contributed by atoms with Gasteiger partial charge in [-0.25, -0.2) is 4.98 Å². The number of methoxy groups -OCH3 is 1. The first kappa shape index (κ1) is 21.6. The molecule has 0 amide bonds. The average Bonchev–Trinajstić information content (AvgIpc) is 3.17. The van der Waals surface area contributed by atoms with Crippen LogP contribution in [-0.2, 0) is 24.4 Å². The maximum Gasteiger partial charge on any atom is 0.136 e. The van der Waals surface area contributed by atoms with Crippen molar-refractivity contribution in [2.75, 3.05) is 20.3 Å². The summed E-state index contributed by atoms with van der Waals surface area (Å²) >= 11 is 0. The fourth-order valence-electron chi connectivity index (χ4n) is 4.58. The van der Waals surface area contributed by atoms with Gasteiger partial charge in [-0.1, -0.05) is 12.1 Å². The Morgan fingerprint density at radius 1 is 0.970 bits per heavy atom. The summed E-state index contributed by atoms with van der Waals surface area (Å²) in [4.78, 5) is 16.7. The maximum absolute atomic E-state index is 5.96. The van der Waals surface area contributed by atoms with E-state index >= 15 is 0 Å². The minimum absolute atomic E-state index is 0.141. The molecule has 0 unspecified atom stereocenters. The SMILES string of the molecule is COc1ccc2c(c1)nc1n2[C@@H](CN(Cc2cccc(C)n2)Cc2cccc(C)n2)COC1. The van der Waals surface area contributed by atoms with Gasteiger partial charge in [-0.3, -0.25) is 14.9 Å². The molecule has 0 aliphatic carbocycles. The van der Waals surface area contributed by atoms with Crippen LogP contribution in [0, 0.1) is 13.8 Å². The fraction of sp³-hybridized carbons (Fsp3) is 0.346. The van der Waals surface area contributed by atoms with Crippen molar-refractivity contribution in [3.8, 4) is 5.75 Å². The van der Waals surface area contributed by atoms with Crippen molar-refractivity contribution >= 4 is 11.0 Å². The molecule has 0 spiro atoms. The molecule has 5 rings (SSSR count). The molecule has 1 aliphatic heterocycles. The Hall–Kier alpha value is -3.29. The van der Waals surface area contributed by atoms with Gasteiger partial charge in [0.15, 0.2) is 0 Å². The van der Waals surface area contributed by atoms with E-state index in [2.05, 4.69) is 39.8 Å². The zero-order valence-corrected chi connectivity index (χ0v) is 19.4. The molecule has 0 saturated carbocycles. The van der Waals surface area contributed by atoms with Gasteiger partial charge in [0.05, 0.1) is 42.2 Å². The van der Waals surface area contributed by atoms with Crippen LogP contribution in [0.1, 0.15) is 34.6 Å². The third kappa shape index (κ3) is 4.74. The number of fused-ring (bicyclic) bond motifs is 3. The smallest absolute Gasteiger partial charge is 0.136 e. The van der Waals surface area contributed by atoms with Crippen molar-refractivity contribution in [2.24, 2.45) is 0 Å². The molecule has 0 N–H and O–H groups in total. The first-order valence-corrected chi connectivity index (χ1v) is 11.3. The van der Waals surface area contributed by atoms with Gasteiger partial charge in [-0.2, -0.15) is 0 Å². The van der Waals surface area contributed by atoms with Crippen LogP contribution in [0.3, 0.4) is 0 Å². The first-order chi connectivity index (χ1) is 16.1. The van der Waals surface area contributed by atoms with Gasteiger partial charge in [0.1, 0.15) is 18.2 Å². The number of benzene rings is 1. The number of aryl methyl sites for hydroxylation is 2. The van der Waals surface area contributed by atoms with Crippen LogP contribution in [0.15, 0.2) is 54.6 Å². The third-order valence-electron chi connectivity index (χ3n) is 6.01. The molecule has 4 aromatic rings. The number of aromatic nitrogens is 4. The lowest BCUT2D eigenvalue weighted by molar-refractivity contribution is 0.0399. The van der Waals surface area contributed by atoms with Crippen LogP contribution in [-0.4, -0.2) is 44.7 Å². The molecule has 1 aliphatic rings. The second-order valence-corrected chi connectivity index (χ2v) is 8.63. The van der Waals surface area contributed by atoms with E-state index in [9.17, 15) is 0 Å². The number of pyridine rings is 2. The quantitative estimate of drug-likeness (QED) is 0.426. The molecule has 33 heavy (non-hydrogen) atoms. The number of rotatable bonds is 7. The minimum Gasteiger partial charge on any atom is -0.497 e. The summed E-state index contributed by atoms with van der Waals surface area (Å²) < 4.78 is 13.7. The Bertz CT molecular complexity index is 1220. The second kappa shape index (κ2) is 9.29. The van der Waals surface area contributed by atoms with Gasteiger partial charge in [0.2, 0.25) is 0 Å². The lowest BCUT2D eigenvalue weighted by Crippen LogP contribution is -2.36. The molecular formula is C26H29N5O2. The highest BCUT2D eigenvalue weighted by Gasteiger charge is 2.26. The molecule has 7 heteroatoms. The monoisotopic (exact) mass is 443 g/mol. The van der Waals surface area contributed by atoms with Crippen LogP contribution in [0.4, 0.5) is 0 Å². The van der Waals surface area contributed by atoms with Crippen molar-refractivity contribution in [3.63, 3.8) is 0 Å². The standard InChI is InChI=1S/C26H29N5O2/c1-18-6-4-8-20(27-18)13-30(14-21-9-5-7-19(2)28-21)15-22-16-33-17-26-29-24-12-23(32-3)10-11-25(24)31(22)26/h4-12,22H,13-17H2,1-3H3/t22-/m0/s1. The zero-order chi connectivity index (χ0) is 22.8. The fourth-order valence-corrected chi connectivity index (χ4v) is 4.58. The lowest BCUT2D eigenvalue weighted by Gasteiger charge is -2.31. The predicted molar refractivity (Wildman–Crippen MR) is 127 cm³/mol. The van der Waals surface area contributed by atoms with E-state index in [-0.39, 0.29) is 6.04 Å². The third-order valence-corrected chi connectivity index (χ3v) is 6.01. The highest BCUT2D eigenvalue weighted by molar-refractivity contribution is 5.78. The molecule has 0 fully saturated rings. The van der Waals surface area contributed by atoms with E-state index in [0.717, 1.165) is 65.0 Å². The predicted octanol–water partition coefficient (Wildman–Crippen LogP) is 4.23. The summed E-state index contributed by atoms with van der Waals surface area (Å²) in [6.45, 7) is 7.50. The molecule has 0 bridgehead atoms. The van der Waals surface area contributed by atoms with E-state index in [1.165, 1.54) is 0 Å². The Morgan fingerprint density at radius 2 is 1.67 bits per heavy atom. The number of nitrogens with zero attached hydrogens (tertiary/aromatic N) is 5. The topological polar surface area (TPSA) is 65.3 Å². The summed E-state index contributed by atoms with van der Waals surface area (Å²) in [7, 11) is 1.68. The molecule has 170 valence electrons. The summed E-state index contributed by atoms with van der Waals surface area (Å²) in [6.07, 6.45) is 0. The van der Waals surface area contributed by atoms with E-state index in [1.54, 1.807) is 7.11 Å². The maximum atomic E-state index is 5.96. The lowest BCUT2D eigenvalue weighted by atomic mass is 10.2. The Balaban J connectivity index is 1.46. The summed E-state index contributed by atoms with van der Waals surface area (Å²) in [5, 5.41) is 0. The number of imidazole rings is 1. The van der Waals surface area contributed by atoms with E-state index < -0.39 is 0 Å². The molecule has 3 aromatic heterocycles.